The fourth-order valence-electron chi connectivity index (χ4n) is 2.32. The van der Waals surface area contributed by atoms with E-state index in [0.717, 1.165) is 17.7 Å². The highest BCUT2D eigenvalue weighted by molar-refractivity contribution is 5.92. The smallest absolute Gasteiger partial charge is 0.307 e. The van der Waals surface area contributed by atoms with Crippen LogP contribution in [0.5, 0.6) is 5.75 Å². The van der Waals surface area contributed by atoms with Gasteiger partial charge in [-0.1, -0.05) is 26.0 Å². The molecular weight excluding hydrogens is 330 g/mol. The standard InChI is InChI=1S/C21H31NO4/c1-5-25-19-10-7-18(8-11-19)9-12-20(23)22(15-13-17(3)4)16-14-21(24)26-6-2/h7-12,17H,5-6,13-16H2,1-4H3/b12-9+. The van der Waals surface area contributed by atoms with Crippen LogP contribution in [-0.4, -0.2) is 43.1 Å². The quantitative estimate of drug-likeness (QED) is 0.443. The van der Waals surface area contributed by atoms with Gasteiger partial charge < -0.3 is 14.4 Å². The second-order valence-corrected chi connectivity index (χ2v) is 6.40. The van der Waals surface area contributed by atoms with Crippen LogP contribution in [0.25, 0.3) is 6.08 Å². The SMILES string of the molecule is CCOC(=O)CCN(CCC(C)C)C(=O)/C=C/c1ccc(OCC)cc1. The molecule has 1 aromatic carbocycles. The van der Waals surface area contributed by atoms with E-state index in [1.807, 2.05) is 31.2 Å². The van der Waals surface area contributed by atoms with Crippen molar-refractivity contribution in [2.45, 2.75) is 40.5 Å². The van der Waals surface area contributed by atoms with E-state index in [4.69, 9.17) is 9.47 Å². The Morgan fingerprint density at radius 1 is 1.08 bits per heavy atom. The molecule has 1 amide bonds. The molecule has 1 aromatic rings. The van der Waals surface area contributed by atoms with Crippen molar-refractivity contribution in [3.63, 3.8) is 0 Å². The van der Waals surface area contributed by atoms with Gasteiger partial charge in [-0.15, -0.1) is 0 Å². The van der Waals surface area contributed by atoms with Crippen LogP contribution in [0.1, 0.15) is 46.1 Å². The number of amides is 1. The molecule has 0 heterocycles. The normalized spacial score (nSPS) is 11.0. The lowest BCUT2D eigenvalue weighted by molar-refractivity contribution is -0.143. The summed E-state index contributed by atoms with van der Waals surface area (Å²) in [5.41, 5.74) is 0.927. The van der Waals surface area contributed by atoms with Gasteiger partial charge in [-0.2, -0.15) is 0 Å². The van der Waals surface area contributed by atoms with Crippen LogP contribution < -0.4 is 4.74 Å². The Morgan fingerprint density at radius 3 is 2.35 bits per heavy atom. The molecule has 0 aliphatic rings. The van der Waals surface area contributed by atoms with Gasteiger partial charge in [0, 0.05) is 19.2 Å². The molecule has 0 atom stereocenters. The number of carbonyl (C=O) groups excluding carboxylic acids is 2. The Labute approximate surface area is 157 Å². The number of benzene rings is 1. The molecule has 0 unspecified atom stereocenters. The zero-order valence-electron chi connectivity index (χ0n) is 16.4. The number of carbonyl (C=O) groups is 2. The van der Waals surface area contributed by atoms with Crippen LogP contribution in [-0.2, 0) is 14.3 Å². The highest BCUT2D eigenvalue weighted by atomic mass is 16.5. The van der Waals surface area contributed by atoms with Crippen molar-refractivity contribution in [1.29, 1.82) is 0 Å². The number of ether oxygens (including phenoxy) is 2. The zero-order chi connectivity index (χ0) is 19.4. The lowest BCUT2D eigenvalue weighted by Gasteiger charge is -2.22. The Balaban J connectivity index is 2.68. The molecule has 0 saturated carbocycles. The highest BCUT2D eigenvalue weighted by Crippen LogP contribution is 2.13. The van der Waals surface area contributed by atoms with Crippen molar-refractivity contribution < 1.29 is 19.1 Å². The van der Waals surface area contributed by atoms with Crippen LogP contribution in [0.4, 0.5) is 0 Å². The molecule has 0 aromatic heterocycles. The summed E-state index contributed by atoms with van der Waals surface area (Å²) in [6.45, 7) is 9.93. The van der Waals surface area contributed by atoms with Crippen molar-refractivity contribution in [2.24, 2.45) is 5.92 Å². The first kappa shape index (κ1) is 21.7. The van der Waals surface area contributed by atoms with Gasteiger partial charge in [0.2, 0.25) is 5.91 Å². The molecule has 0 fully saturated rings. The van der Waals surface area contributed by atoms with Crippen molar-refractivity contribution in [2.75, 3.05) is 26.3 Å². The molecule has 26 heavy (non-hydrogen) atoms. The molecule has 0 aliphatic carbocycles. The molecule has 5 nitrogen and oxygen atoms in total. The zero-order valence-corrected chi connectivity index (χ0v) is 16.4. The van der Waals surface area contributed by atoms with E-state index in [1.165, 1.54) is 0 Å². The Morgan fingerprint density at radius 2 is 1.77 bits per heavy atom. The van der Waals surface area contributed by atoms with Gasteiger partial charge in [0.15, 0.2) is 0 Å². The number of rotatable bonds is 11. The van der Waals surface area contributed by atoms with E-state index in [1.54, 1.807) is 24.0 Å². The fraction of sp³-hybridized carbons (Fsp3) is 0.524. The Bertz CT molecular complexity index is 578. The minimum Gasteiger partial charge on any atom is -0.494 e. The average Bonchev–Trinajstić information content (AvgIpc) is 2.61. The van der Waals surface area contributed by atoms with Gasteiger partial charge in [0.1, 0.15) is 5.75 Å². The first-order chi connectivity index (χ1) is 12.5. The van der Waals surface area contributed by atoms with E-state index in [-0.39, 0.29) is 18.3 Å². The van der Waals surface area contributed by atoms with Gasteiger partial charge in [-0.05, 0) is 50.0 Å². The van der Waals surface area contributed by atoms with Gasteiger partial charge in [0.25, 0.3) is 0 Å². The molecule has 0 N–H and O–H groups in total. The third-order valence-corrected chi connectivity index (χ3v) is 3.79. The molecule has 0 saturated heterocycles. The average molecular weight is 361 g/mol. The van der Waals surface area contributed by atoms with Crippen LogP contribution in [0, 0.1) is 5.92 Å². The maximum absolute atomic E-state index is 12.5. The van der Waals surface area contributed by atoms with Crippen LogP contribution >= 0.6 is 0 Å². The molecule has 0 radical (unpaired) electrons. The van der Waals surface area contributed by atoms with Crippen molar-refractivity contribution in [3.8, 4) is 5.75 Å². The summed E-state index contributed by atoms with van der Waals surface area (Å²) in [6, 6.07) is 7.58. The van der Waals surface area contributed by atoms with Crippen LogP contribution in [0.15, 0.2) is 30.3 Å². The molecule has 144 valence electrons. The van der Waals surface area contributed by atoms with Crippen LogP contribution in [0.2, 0.25) is 0 Å². The largest absolute Gasteiger partial charge is 0.494 e. The Kier molecular flexibility index (Phi) is 10.1. The van der Waals surface area contributed by atoms with E-state index in [0.29, 0.717) is 32.2 Å². The second-order valence-electron chi connectivity index (χ2n) is 6.40. The number of nitrogens with zero attached hydrogens (tertiary/aromatic N) is 1. The van der Waals surface area contributed by atoms with E-state index in [9.17, 15) is 9.59 Å². The lowest BCUT2D eigenvalue weighted by atomic mass is 10.1. The third kappa shape index (κ3) is 8.70. The first-order valence-electron chi connectivity index (χ1n) is 9.31. The Hall–Kier alpha value is -2.30. The van der Waals surface area contributed by atoms with Crippen molar-refractivity contribution >= 4 is 18.0 Å². The summed E-state index contributed by atoms with van der Waals surface area (Å²) in [4.78, 5) is 25.8. The van der Waals surface area contributed by atoms with E-state index in [2.05, 4.69) is 13.8 Å². The molecule has 0 bridgehead atoms. The van der Waals surface area contributed by atoms with Gasteiger partial charge >= 0.3 is 5.97 Å². The van der Waals surface area contributed by atoms with Crippen molar-refractivity contribution in [1.82, 2.24) is 4.90 Å². The predicted octanol–water partition coefficient (Wildman–Crippen LogP) is 3.93. The summed E-state index contributed by atoms with van der Waals surface area (Å²) in [6.07, 6.45) is 4.45. The molecule has 1 rings (SSSR count). The minimum absolute atomic E-state index is 0.0937. The van der Waals surface area contributed by atoms with E-state index >= 15 is 0 Å². The summed E-state index contributed by atoms with van der Waals surface area (Å²) in [7, 11) is 0. The lowest BCUT2D eigenvalue weighted by Crippen LogP contribution is -2.33. The number of hydrogen-bond donors (Lipinski definition) is 0. The highest BCUT2D eigenvalue weighted by Gasteiger charge is 2.13. The fourth-order valence-corrected chi connectivity index (χ4v) is 2.32. The molecule has 5 heteroatoms. The summed E-state index contributed by atoms with van der Waals surface area (Å²) in [5, 5.41) is 0. The summed E-state index contributed by atoms with van der Waals surface area (Å²) in [5.74, 6) is 0.932. The minimum atomic E-state index is -0.273. The molecular formula is C21H31NO4. The van der Waals surface area contributed by atoms with Crippen molar-refractivity contribution in [3.05, 3.63) is 35.9 Å². The van der Waals surface area contributed by atoms with Gasteiger partial charge in [-0.3, -0.25) is 9.59 Å². The maximum Gasteiger partial charge on any atom is 0.307 e. The predicted molar refractivity (Wildman–Crippen MR) is 104 cm³/mol. The number of hydrogen-bond acceptors (Lipinski definition) is 4. The number of esters is 1. The molecule has 0 spiro atoms. The maximum atomic E-state index is 12.5. The van der Waals surface area contributed by atoms with E-state index < -0.39 is 0 Å². The summed E-state index contributed by atoms with van der Waals surface area (Å²) >= 11 is 0. The monoisotopic (exact) mass is 361 g/mol. The molecule has 0 aliphatic heterocycles. The van der Waals surface area contributed by atoms with Gasteiger partial charge in [0.05, 0.1) is 19.6 Å². The third-order valence-electron chi connectivity index (χ3n) is 3.79. The summed E-state index contributed by atoms with van der Waals surface area (Å²) < 4.78 is 10.4. The topological polar surface area (TPSA) is 55.8 Å². The first-order valence-corrected chi connectivity index (χ1v) is 9.31. The van der Waals surface area contributed by atoms with Gasteiger partial charge in [-0.25, -0.2) is 0 Å². The van der Waals surface area contributed by atoms with Crippen LogP contribution in [0.3, 0.4) is 0 Å². The second kappa shape index (κ2) is 12.1.